The molecule has 0 aliphatic carbocycles. The van der Waals surface area contributed by atoms with Gasteiger partial charge in [0.15, 0.2) is 0 Å². The second kappa shape index (κ2) is 3.35. The van der Waals surface area contributed by atoms with E-state index >= 15 is 0 Å². The zero-order valence-corrected chi connectivity index (χ0v) is 7.55. The lowest BCUT2D eigenvalue weighted by Crippen LogP contribution is -2.41. The summed E-state index contributed by atoms with van der Waals surface area (Å²) in [7, 11) is 0. The van der Waals surface area contributed by atoms with E-state index in [1.54, 1.807) is 0 Å². The van der Waals surface area contributed by atoms with E-state index in [0.29, 0.717) is 26.1 Å². The summed E-state index contributed by atoms with van der Waals surface area (Å²) in [5.41, 5.74) is -0.724. The first-order valence-electron chi connectivity index (χ1n) is 4.19. The molecule has 1 heterocycles. The summed E-state index contributed by atoms with van der Waals surface area (Å²) in [6.07, 6.45) is 1.11. The standard InChI is InChI=1S/C9H14O3/c1-7(10)9(8(2)11)3-5-12-6-4-9/h3-6H2,1-2H3. The van der Waals surface area contributed by atoms with Crippen LogP contribution in [-0.4, -0.2) is 24.8 Å². The highest BCUT2D eigenvalue weighted by atomic mass is 16.5. The van der Waals surface area contributed by atoms with Gasteiger partial charge >= 0.3 is 0 Å². The van der Waals surface area contributed by atoms with Crippen molar-refractivity contribution in [1.29, 1.82) is 0 Å². The fourth-order valence-electron chi connectivity index (χ4n) is 1.67. The molecule has 1 rings (SSSR count). The van der Waals surface area contributed by atoms with Crippen molar-refractivity contribution in [3.05, 3.63) is 0 Å². The van der Waals surface area contributed by atoms with Gasteiger partial charge in [-0.15, -0.1) is 0 Å². The van der Waals surface area contributed by atoms with Gasteiger partial charge in [0, 0.05) is 13.2 Å². The maximum absolute atomic E-state index is 11.3. The summed E-state index contributed by atoms with van der Waals surface area (Å²) in [6.45, 7) is 4.04. The Morgan fingerprint density at radius 2 is 1.50 bits per heavy atom. The summed E-state index contributed by atoms with van der Waals surface area (Å²) >= 11 is 0. The Kier molecular flexibility index (Phi) is 2.62. The number of ketones is 2. The van der Waals surface area contributed by atoms with E-state index in [1.165, 1.54) is 13.8 Å². The molecule has 0 aromatic rings. The van der Waals surface area contributed by atoms with Crippen molar-refractivity contribution in [2.45, 2.75) is 26.7 Å². The number of hydrogen-bond acceptors (Lipinski definition) is 3. The van der Waals surface area contributed by atoms with E-state index in [0.717, 1.165) is 0 Å². The van der Waals surface area contributed by atoms with Gasteiger partial charge in [-0.3, -0.25) is 9.59 Å². The smallest absolute Gasteiger partial charge is 0.143 e. The highest BCUT2D eigenvalue weighted by Crippen LogP contribution is 2.32. The Hall–Kier alpha value is -0.700. The maximum atomic E-state index is 11.3. The fourth-order valence-corrected chi connectivity index (χ4v) is 1.67. The summed E-state index contributed by atoms with van der Waals surface area (Å²) in [5.74, 6) is -0.0309. The minimum absolute atomic E-state index is 0.0155. The Morgan fingerprint density at radius 3 is 1.75 bits per heavy atom. The van der Waals surface area contributed by atoms with Crippen LogP contribution in [0.25, 0.3) is 0 Å². The first-order valence-corrected chi connectivity index (χ1v) is 4.19. The van der Waals surface area contributed by atoms with Crippen molar-refractivity contribution in [2.24, 2.45) is 5.41 Å². The molecule has 1 aliphatic heterocycles. The summed E-state index contributed by atoms with van der Waals surface area (Å²) in [4.78, 5) is 22.6. The van der Waals surface area contributed by atoms with Crippen molar-refractivity contribution in [2.75, 3.05) is 13.2 Å². The van der Waals surface area contributed by atoms with Gasteiger partial charge in [0.05, 0.1) is 5.41 Å². The molecule has 0 saturated carbocycles. The number of ether oxygens (including phenoxy) is 1. The van der Waals surface area contributed by atoms with Crippen molar-refractivity contribution in [3.8, 4) is 0 Å². The Balaban J connectivity index is 2.84. The van der Waals surface area contributed by atoms with E-state index in [-0.39, 0.29) is 11.6 Å². The largest absolute Gasteiger partial charge is 0.381 e. The molecule has 3 nitrogen and oxygen atoms in total. The molecule has 1 saturated heterocycles. The van der Waals surface area contributed by atoms with Crippen molar-refractivity contribution in [1.82, 2.24) is 0 Å². The molecular weight excluding hydrogens is 156 g/mol. The molecule has 0 N–H and O–H groups in total. The molecule has 0 bridgehead atoms. The molecule has 1 fully saturated rings. The lowest BCUT2D eigenvalue weighted by molar-refractivity contribution is -0.144. The minimum Gasteiger partial charge on any atom is -0.381 e. The number of hydrogen-bond donors (Lipinski definition) is 0. The second-order valence-corrected chi connectivity index (χ2v) is 3.31. The van der Waals surface area contributed by atoms with Gasteiger partial charge in [0.1, 0.15) is 11.6 Å². The average molecular weight is 170 g/mol. The molecule has 0 aromatic carbocycles. The number of rotatable bonds is 2. The van der Waals surface area contributed by atoms with Gasteiger partial charge in [-0.25, -0.2) is 0 Å². The molecule has 0 atom stereocenters. The quantitative estimate of drug-likeness (QED) is 0.580. The van der Waals surface area contributed by atoms with Crippen molar-refractivity contribution < 1.29 is 14.3 Å². The average Bonchev–Trinajstić information content (AvgIpc) is 2.05. The van der Waals surface area contributed by atoms with Gasteiger partial charge in [-0.2, -0.15) is 0 Å². The third-order valence-corrected chi connectivity index (χ3v) is 2.69. The molecule has 68 valence electrons. The van der Waals surface area contributed by atoms with Gasteiger partial charge in [-0.05, 0) is 26.7 Å². The fraction of sp³-hybridized carbons (Fsp3) is 0.778. The minimum atomic E-state index is -0.724. The Bertz CT molecular complexity index is 186. The number of carbonyl (C=O) groups excluding carboxylic acids is 2. The molecule has 0 unspecified atom stereocenters. The van der Waals surface area contributed by atoms with Crippen molar-refractivity contribution in [3.63, 3.8) is 0 Å². The van der Waals surface area contributed by atoms with E-state index in [4.69, 9.17) is 4.74 Å². The van der Waals surface area contributed by atoms with E-state index < -0.39 is 5.41 Å². The van der Waals surface area contributed by atoms with Gasteiger partial charge in [-0.1, -0.05) is 0 Å². The predicted octanol–water partition coefficient (Wildman–Crippen LogP) is 0.961. The summed E-state index contributed by atoms with van der Waals surface area (Å²) in [6, 6.07) is 0. The zero-order chi connectivity index (χ0) is 9.19. The highest BCUT2D eigenvalue weighted by molar-refractivity contribution is 6.05. The molecular formula is C9H14O3. The lowest BCUT2D eigenvalue weighted by atomic mass is 9.74. The number of Topliss-reactive ketones (excluding diaryl/α,β-unsaturated/α-hetero) is 2. The van der Waals surface area contributed by atoms with E-state index in [9.17, 15) is 9.59 Å². The molecule has 0 amide bonds. The predicted molar refractivity (Wildman–Crippen MR) is 43.8 cm³/mol. The van der Waals surface area contributed by atoms with Gasteiger partial charge < -0.3 is 4.74 Å². The van der Waals surface area contributed by atoms with Crippen LogP contribution < -0.4 is 0 Å². The molecule has 0 aromatic heterocycles. The van der Waals surface area contributed by atoms with Crippen LogP contribution in [0.15, 0.2) is 0 Å². The lowest BCUT2D eigenvalue weighted by Gasteiger charge is -2.32. The Labute approximate surface area is 72.1 Å². The molecule has 0 spiro atoms. The molecule has 1 aliphatic rings. The van der Waals surface area contributed by atoms with Crippen LogP contribution in [0, 0.1) is 5.41 Å². The zero-order valence-electron chi connectivity index (χ0n) is 7.55. The van der Waals surface area contributed by atoms with Crippen LogP contribution in [0.1, 0.15) is 26.7 Å². The number of carbonyl (C=O) groups is 2. The van der Waals surface area contributed by atoms with Crippen LogP contribution in [0.3, 0.4) is 0 Å². The molecule has 3 heteroatoms. The molecule has 0 radical (unpaired) electrons. The van der Waals surface area contributed by atoms with Gasteiger partial charge in [0.25, 0.3) is 0 Å². The van der Waals surface area contributed by atoms with Crippen molar-refractivity contribution >= 4 is 11.6 Å². The Morgan fingerprint density at radius 1 is 1.08 bits per heavy atom. The second-order valence-electron chi connectivity index (χ2n) is 3.31. The maximum Gasteiger partial charge on any atom is 0.143 e. The highest BCUT2D eigenvalue weighted by Gasteiger charge is 2.41. The first kappa shape index (κ1) is 9.39. The van der Waals surface area contributed by atoms with Crippen LogP contribution in [0.4, 0.5) is 0 Å². The van der Waals surface area contributed by atoms with E-state index in [2.05, 4.69) is 0 Å². The van der Waals surface area contributed by atoms with Crippen LogP contribution in [0.5, 0.6) is 0 Å². The van der Waals surface area contributed by atoms with Crippen LogP contribution in [-0.2, 0) is 14.3 Å². The third-order valence-electron chi connectivity index (χ3n) is 2.69. The monoisotopic (exact) mass is 170 g/mol. The van der Waals surface area contributed by atoms with Crippen LogP contribution >= 0.6 is 0 Å². The van der Waals surface area contributed by atoms with Crippen LogP contribution in [0.2, 0.25) is 0 Å². The summed E-state index contributed by atoms with van der Waals surface area (Å²) < 4.78 is 5.12. The topological polar surface area (TPSA) is 43.4 Å². The van der Waals surface area contributed by atoms with E-state index in [1.807, 2.05) is 0 Å². The summed E-state index contributed by atoms with van der Waals surface area (Å²) in [5, 5.41) is 0. The third kappa shape index (κ3) is 1.41. The molecule has 12 heavy (non-hydrogen) atoms. The normalized spacial score (nSPS) is 21.8. The SMILES string of the molecule is CC(=O)C1(C(C)=O)CCOCC1. The first-order chi connectivity index (χ1) is 5.59. The van der Waals surface area contributed by atoms with Gasteiger partial charge in [0.2, 0.25) is 0 Å².